The zero-order valence-electron chi connectivity index (χ0n) is 17.0. The van der Waals surface area contributed by atoms with Gasteiger partial charge in [0.05, 0.1) is 24.1 Å². The Kier molecular flexibility index (Phi) is 6.14. The molecular weight excluding hydrogens is 394 g/mol. The Morgan fingerprint density at radius 3 is 2.77 bits per heavy atom. The minimum atomic E-state index is -0.0394. The van der Waals surface area contributed by atoms with Crippen molar-refractivity contribution in [3.63, 3.8) is 0 Å². The van der Waals surface area contributed by atoms with Crippen molar-refractivity contribution in [3.8, 4) is 5.75 Å². The number of nitrogens with zero attached hydrogens (tertiary/aromatic N) is 3. The average Bonchev–Trinajstić information content (AvgIpc) is 2.76. The lowest BCUT2D eigenvalue weighted by Crippen LogP contribution is -2.24. The summed E-state index contributed by atoms with van der Waals surface area (Å²) in [5.41, 5.74) is 3.92. The summed E-state index contributed by atoms with van der Waals surface area (Å²) in [7, 11) is 0. The number of thioether (sulfide) groups is 1. The van der Waals surface area contributed by atoms with E-state index in [2.05, 4.69) is 24.0 Å². The first-order valence-corrected chi connectivity index (χ1v) is 10.8. The topological polar surface area (TPSA) is 57.0 Å². The summed E-state index contributed by atoms with van der Waals surface area (Å²) in [6.45, 7) is 5.06. The van der Waals surface area contributed by atoms with Gasteiger partial charge < -0.3 is 4.74 Å². The molecule has 4 rings (SSSR count). The number of hydrogen-bond acceptors (Lipinski definition) is 5. The molecule has 0 aliphatic heterocycles. The fraction of sp³-hybridized carbons (Fsp3) is 0.208. The monoisotopic (exact) mass is 417 g/mol. The van der Waals surface area contributed by atoms with Gasteiger partial charge in [-0.05, 0) is 54.8 Å². The third-order valence-corrected chi connectivity index (χ3v) is 5.75. The molecule has 0 fully saturated rings. The van der Waals surface area contributed by atoms with E-state index in [0.29, 0.717) is 35.0 Å². The molecule has 0 saturated carbocycles. The fourth-order valence-electron chi connectivity index (χ4n) is 3.22. The van der Waals surface area contributed by atoms with Gasteiger partial charge in [-0.25, -0.2) is 4.98 Å². The molecule has 0 spiro atoms. The molecule has 0 saturated heterocycles. The van der Waals surface area contributed by atoms with Crippen LogP contribution in [0.5, 0.6) is 5.75 Å². The molecule has 0 aliphatic rings. The summed E-state index contributed by atoms with van der Waals surface area (Å²) >= 11 is 1.53. The molecule has 0 radical (unpaired) electrons. The second-order valence-corrected chi connectivity index (χ2v) is 8.19. The molecule has 30 heavy (non-hydrogen) atoms. The Labute approximate surface area is 179 Å². The number of hydrogen-bond donors (Lipinski definition) is 0. The predicted octanol–water partition coefficient (Wildman–Crippen LogP) is 4.63. The van der Waals surface area contributed by atoms with Crippen molar-refractivity contribution in [2.45, 2.75) is 25.5 Å². The van der Waals surface area contributed by atoms with Crippen molar-refractivity contribution < 1.29 is 4.74 Å². The van der Waals surface area contributed by atoms with Crippen molar-refractivity contribution in [2.24, 2.45) is 0 Å². The number of para-hydroxylation sites is 1. The van der Waals surface area contributed by atoms with Crippen LogP contribution in [0.3, 0.4) is 0 Å². The highest BCUT2D eigenvalue weighted by molar-refractivity contribution is 7.99. The first kappa shape index (κ1) is 20.2. The van der Waals surface area contributed by atoms with Gasteiger partial charge >= 0.3 is 0 Å². The van der Waals surface area contributed by atoms with Crippen LogP contribution in [0.1, 0.15) is 16.7 Å². The summed E-state index contributed by atoms with van der Waals surface area (Å²) in [4.78, 5) is 22.1. The number of rotatable bonds is 7. The average molecular weight is 418 g/mol. The number of aromatic nitrogens is 3. The van der Waals surface area contributed by atoms with E-state index in [1.165, 1.54) is 17.3 Å². The van der Waals surface area contributed by atoms with Crippen molar-refractivity contribution in [1.29, 1.82) is 0 Å². The maximum absolute atomic E-state index is 13.1. The predicted molar refractivity (Wildman–Crippen MR) is 121 cm³/mol. The van der Waals surface area contributed by atoms with Crippen LogP contribution < -0.4 is 10.3 Å². The minimum absolute atomic E-state index is 0.0394. The first-order chi connectivity index (χ1) is 14.6. The van der Waals surface area contributed by atoms with Crippen LogP contribution in [0, 0.1) is 13.8 Å². The number of fused-ring (bicyclic) bond motifs is 1. The van der Waals surface area contributed by atoms with Gasteiger partial charge in [-0.1, -0.05) is 42.1 Å². The summed E-state index contributed by atoms with van der Waals surface area (Å²) < 4.78 is 7.69. The van der Waals surface area contributed by atoms with Gasteiger partial charge in [-0.2, -0.15) is 0 Å². The fourth-order valence-corrected chi connectivity index (χ4v) is 4.03. The molecule has 2 aromatic carbocycles. The van der Waals surface area contributed by atoms with Gasteiger partial charge in [0, 0.05) is 18.1 Å². The van der Waals surface area contributed by atoms with E-state index in [1.54, 1.807) is 17.0 Å². The number of benzene rings is 2. The van der Waals surface area contributed by atoms with Gasteiger partial charge in [-0.3, -0.25) is 14.3 Å². The first-order valence-electron chi connectivity index (χ1n) is 9.83. The summed E-state index contributed by atoms with van der Waals surface area (Å²) in [5, 5.41) is 1.31. The molecule has 5 nitrogen and oxygen atoms in total. The largest absolute Gasteiger partial charge is 0.492 e. The quantitative estimate of drug-likeness (QED) is 0.249. The Hall–Kier alpha value is -3.12. The van der Waals surface area contributed by atoms with E-state index < -0.39 is 0 Å². The van der Waals surface area contributed by atoms with E-state index >= 15 is 0 Å². The number of aryl methyl sites for hydroxylation is 2. The summed E-state index contributed by atoms with van der Waals surface area (Å²) in [6.07, 6.45) is 3.50. The smallest absolute Gasteiger partial charge is 0.262 e. The van der Waals surface area contributed by atoms with E-state index in [4.69, 9.17) is 9.72 Å². The second-order valence-electron chi connectivity index (χ2n) is 7.13. The van der Waals surface area contributed by atoms with Crippen LogP contribution >= 0.6 is 11.8 Å². The van der Waals surface area contributed by atoms with Gasteiger partial charge in [0.1, 0.15) is 5.75 Å². The van der Waals surface area contributed by atoms with Crippen molar-refractivity contribution in [3.05, 3.63) is 94.0 Å². The third kappa shape index (κ3) is 4.54. The van der Waals surface area contributed by atoms with Gasteiger partial charge in [0.25, 0.3) is 5.56 Å². The molecule has 0 amide bonds. The van der Waals surface area contributed by atoms with Crippen molar-refractivity contribution in [1.82, 2.24) is 14.5 Å². The highest BCUT2D eigenvalue weighted by Gasteiger charge is 2.12. The maximum atomic E-state index is 13.1. The van der Waals surface area contributed by atoms with Crippen LogP contribution in [0.4, 0.5) is 0 Å². The van der Waals surface area contributed by atoms with Gasteiger partial charge in [-0.15, -0.1) is 0 Å². The molecule has 2 heterocycles. The summed E-state index contributed by atoms with van der Waals surface area (Å²) in [6, 6.07) is 17.5. The molecule has 6 heteroatoms. The highest BCUT2D eigenvalue weighted by Crippen LogP contribution is 2.22. The van der Waals surface area contributed by atoms with Crippen LogP contribution in [0.15, 0.2) is 76.9 Å². The molecule has 152 valence electrons. The number of ether oxygens (including phenoxy) is 1. The minimum Gasteiger partial charge on any atom is -0.492 e. The maximum Gasteiger partial charge on any atom is 0.262 e. The third-order valence-electron chi connectivity index (χ3n) is 4.81. The Bertz CT molecular complexity index is 1220. The summed E-state index contributed by atoms with van der Waals surface area (Å²) in [5.74, 6) is 1.58. The molecule has 0 unspecified atom stereocenters. The molecular formula is C24H23N3O2S. The molecule has 0 aliphatic carbocycles. The Morgan fingerprint density at radius 1 is 1.07 bits per heavy atom. The standard InChI is InChI=1S/C24H23N3O2S/c1-17-9-10-18(2)22(14-17)29-12-13-30-24-26-21-8-4-3-7-20(21)23(28)27(24)16-19-6-5-11-25-15-19/h3-11,14-15H,12-13,16H2,1-2H3. The number of pyridine rings is 1. The molecule has 4 aromatic rings. The lowest BCUT2D eigenvalue weighted by Gasteiger charge is -2.14. The Balaban J connectivity index is 1.56. The normalized spacial score (nSPS) is 11.0. The van der Waals surface area contributed by atoms with E-state index in [9.17, 15) is 4.79 Å². The lowest BCUT2D eigenvalue weighted by molar-refractivity contribution is 0.341. The Morgan fingerprint density at radius 2 is 1.93 bits per heavy atom. The highest BCUT2D eigenvalue weighted by atomic mass is 32.2. The van der Waals surface area contributed by atoms with Gasteiger partial charge in [0.15, 0.2) is 5.16 Å². The lowest BCUT2D eigenvalue weighted by atomic mass is 10.1. The van der Waals surface area contributed by atoms with Crippen LogP contribution in [0.25, 0.3) is 10.9 Å². The SMILES string of the molecule is Cc1ccc(C)c(OCCSc2nc3ccccc3c(=O)n2Cc2cccnc2)c1. The van der Waals surface area contributed by atoms with Gasteiger partial charge in [0.2, 0.25) is 0 Å². The molecule has 0 atom stereocenters. The van der Waals surface area contributed by atoms with E-state index in [-0.39, 0.29) is 5.56 Å². The molecule has 2 aromatic heterocycles. The van der Waals surface area contributed by atoms with Crippen LogP contribution in [0.2, 0.25) is 0 Å². The zero-order chi connectivity index (χ0) is 20.9. The van der Waals surface area contributed by atoms with Crippen molar-refractivity contribution in [2.75, 3.05) is 12.4 Å². The van der Waals surface area contributed by atoms with Crippen molar-refractivity contribution >= 4 is 22.7 Å². The van der Waals surface area contributed by atoms with Crippen LogP contribution in [-0.2, 0) is 6.54 Å². The van der Waals surface area contributed by atoms with Crippen LogP contribution in [-0.4, -0.2) is 26.9 Å². The molecule has 0 N–H and O–H groups in total. The van der Waals surface area contributed by atoms with E-state index in [0.717, 1.165) is 16.9 Å². The second kappa shape index (κ2) is 9.13. The van der Waals surface area contributed by atoms with E-state index in [1.807, 2.05) is 49.4 Å². The zero-order valence-corrected chi connectivity index (χ0v) is 17.9. The molecule has 0 bridgehead atoms.